The van der Waals surface area contributed by atoms with Gasteiger partial charge in [0.05, 0.1) is 35.8 Å². The van der Waals surface area contributed by atoms with Crippen molar-refractivity contribution >= 4 is 51.6 Å². The molecule has 47 heavy (non-hydrogen) atoms. The van der Waals surface area contributed by atoms with Crippen LogP contribution < -0.4 is 14.5 Å². The minimum absolute atomic E-state index is 0.131. The fourth-order valence-electron chi connectivity index (χ4n) is 7.99. The van der Waals surface area contributed by atoms with Crippen molar-refractivity contribution in [3.05, 3.63) is 91.0 Å². The van der Waals surface area contributed by atoms with E-state index in [0.717, 1.165) is 27.9 Å². The van der Waals surface area contributed by atoms with Crippen LogP contribution in [-0.4, -0.2) is 76.1 Å². The number of hydrogen-bond acceptors (Lipinski definition) is 6. The third-order valence-electron chi connectivity index (χ3n) is 9.95. The van der Waals surface area contributed by atoms with Crippen molar-refractivity contribution in [3.63, 3.8) is 0 Å². The number of anilines is 2. The summed E-state index contributed by atoms with van der Waals surface area (Å²) >= 11 is 1.56. The number of hydrogen-bond donors (Lipinski definition) is 1. The molecule has 1 unspecified atom stereocenters. The Kier molecular flexibility index (Phi) is 8.39. The summed E-state index contributed by atoms with van der Waals surface area (Å²) in [4.78, 5) is 49.6. The average molecular weight is 652 g/mol. The van der Waals surface area contributed by atoms with Crippen molar-refractivity contribution in [3.8, 4) is 5.75 Å². The summed E-state index contributed by atoms with van der Waals surface area (Å²) in [5.41, 5.74) is 1.49. The number of nitrogens with zero attached hydrogens (tertiary/aromatic N) is 3. The highest BCUT2D eigenvalue weighted by Gasteiger charge is 2.71. The fourth-order valence-corrected chi connectivity index (χ4v) is 9.98. The van der Waals surface area contributed by atoms with Crippen LogP contribution in [0.3, 0.4) is 0 Å². The molecule has 4 aliphatic heterocycles. The Hall–Kier alpha value is -4.08. The Morgan fingerprint density at radius 3 is 2.32 bits per heavy atom. The maximum atomic E-state index is 15.0. The first-order valence-electron chi connectivity index (χ1n) is 16.6. The fraction of sp³-hybridized carbons (Fsp3) is 0.395. The van der Waals surface area contributed by atoms with Gasteiger partial charge in [-0.05, 0) is 66.4 Å². The first-order valence-corrected chi connectivity index (χ1v) is 17.4. The highest BCUT2D eigenvalue weighted by Crippen LogP contribution is 2.61. The Balaban J connectivity index is 1.31. The molecule has 0 saturated carbocycles. The number of aliphatic hydroxyl groups is 1. The second-order valence-electron chi connectivity index (χ2n) is 13.2. The van der Waals surface area contributed by atoms with Gasteiger partial charge in [0.15, 0.2) is 0 Å². The van der Waals surface area contributed by atoms with E-state index in [1.807, 2.05) is 98.0 Å². The number of carbonyl (C=O) groups excluding carboxylic acids is 3. The van der Waals surface area contributed by atoms with E-state index in [0.29, 0.717) is 26.1 Å². The van der Waals surface area contributed by atoms with Crippen molar-refractivity contribution in [2.75, 3.05) is 36.1 Å². The van der Waals surface area contributed by atoms with E-state index in [2.05, 4.69) is 13.8 Å². The van der Waals surface area contributed by atoms with Gasteiger partial charge in [0, 0.05) is 29.7 Å². The maximum Gasteiger partial charge on any atom is 0.251 e. The number of rotatable bonds is 8. The Bertz CT molecular complexity index is 1760. The predicted molar refractivity (Wildman–Crippen MR) is 187 cm³/mol. The molecule has 1 N–H and O–H groups in total. The lowest BCUT2D eigenvalue weighted by Crippen LogP contribution is -2.57. The molecule has 3 aromatic carbocycles. The third-order valence-corrected chi connectivity index (χ3v) is 11.7. The predicted octanol–water partition coefficient (Wildman–Crippen LogP) is 5.45. The number of thioether (sulfide) groups is 1. The summed E-state index contributed by atoms with van der Waals surface area (Å²) in [6.45, 7) is 7.04. The zero-order chi connectivity index (χ0) is 32.9. The molecule has 244 valence electrons. The minimum atomic E-state index is -0.971. The normalized spacial score (nSPS) is 27.6. The van der Waals surface area contributed by atoms with E-state index >= 15 is 0 Å². The molecule has 0 aromatic heterocycles. The quantitative estimate of drug-likeness (QED) is 0.326. The van der Waals surface area contributed by atoms with Gasteiger partial charge in [-0.15, -0.1) is 11.8 Å². The topological polar surface area (TPSA) is 90.4 Å². The molecule has 4 heterocycles. The Morgan fingerprint density at radius 2 is 1.60 bits per heavy atom. The van der Waals surface area contributed by atoms with Crippen LogP contribution in [0.2, 0.25) is 0 Å². The zero-order valence-corrected chi connectivity index (χ0v) is 27.8. The number of likely N-dealkylation sites (tertiary alicyclic amines) is 1. The molecule has 2 saturated heterocycles. The molecule has 1 spiro atoms. The van der Waals surface area contributed by atoms with Gasteiger partial charge in [0.2, 0.25) is 11.8 Å². The number of amides is 3. The molecular weight excluding hydrogens is 611 g/mol. The first kappa shape index (κ1) is 31.5. The van der Waals surface area contributed by atoms with E-state index in [1.54, 1.807) is 26.5 Å². The van der Waals surface area contributed by atoms with E-state index in [9.17, 15) is 19.5 Å². The second-order valence-corrected chi connectivity index (χ2v) is 14.7. The molecule has 6 atom stereocenters. The number of fused-ring (bicyclic) bond motifs is 3. The van der Waals surface area contributed by atoms with E-state index in [-0.39, 0.29) is 35.5 Å². The van der Waals surface area contributed by atoms with Gasteiger partial charge >= 0.3 is 0 Å². The van der Waals surface area contributed by atoms with Crippen LogP contribution in [0.25, 0.3) is 10.8 Å². The summed E-state index contributed by atoms with van der Waals surface area (Å²) in [6, 6.07) is 20.0. The standard InChI is InChI=1S/C38H41N3O5S/c1-4-46-30-16-14-27(15-17-30)39-19-7-11-31-32(35(39)43)33-36(44)41(29(23-42)21-24(2)3)34-37(45)40(20-8-18-38(33,34)47-31)28-13-12-25-9-5-6-10-26(25)22-28/h5-18,22,24,29,31-34,42H,4,19-21,23H2,1-3H3/t29-,31+,32-,33+,34?,38+/m1/s1. The summed E-state index contributed by atoms with van der Waals surface area (Å²) in [5, 5.41) is 12.5. The van der Waals surface area contributed by atoms with Crippen LogP contribution >= 0.6 is 11.8 Å². The van der Waals surface area contributed by atoms with Gasteiger partial charge < -0.3 is 24.5 Å². The monoisotopic (exact) mass is 651 g/mol. The van der Waals surface area contributed by atoms with Crippen LogP contribution in [0.15, 0.2) is 91.0 Å². The molecule has 0 radical (unpaired) electrons. The lowest BCUT2D eigenvalue weighted by molar-refractivity contribution is -0.142. The number of benzene rings is 3. The van der Waals surface area contributed by atoms with E-state index in [4.69, 9.17) is 4.74 Å². The van der Waals surface area contributed by atoms with Crippen LogP contribution in [0.4, 0.5) is 11.4 Å². The van der Waals surface area contributed by atoms with Crippen molar-refractivity contribution in [2.24, 2.45) is 17.8 Å². The molecule has 8 nitrogen and oxygen atoms in total. The molecule has 3 amide bonds. The van der Waals surface area contributed by atoms with Crippen LogP contribution in [0, 0.1) is 17.8 Å². The molecule has 7 rings (SSSR count). The highest BCUT2D eigenvalue weighted by molar-refractivity contribution is 8.02. The SMILES string of the molecule is CCOc1ccc(N2CC=C[C@@H]3S[C@]45C=CCN(c6ccc7ccccc7c6)C(=O)C4N([C@@H](CO)CC(C)C)C(=O)[C@@H]5[C@@H]3C2=O)cc1. The highest BCUT2D eigenvalue weighted by atomic mass is 32.2. The largest absolute Gasteiger partial charge is 0.494 e. The van der Waals surface area contributed by atoms with Gasteiger partial charge in [-0.1, -0.05) is 68.5 Å². The lowest BCUT2D eigenvalue weighted by Gasteiger charge is -2.39. The summed E-state index contributed by atoms with van der Waals surface area (Å²) in [7, 11) is 0. The van der Waals surface area contributed by atoms with Gasteiger partial charge in [0.1, 0.15) is 11.8 Å². The maximum absolute atomic E-state index is 15.0. The first-order chi connectivity index (χ1) is 22.8. The van der Waals surface area contributed by atoms with E-state index < -0.39 is 28.7 Å². The molecule has 0 bridgehead atoms. The molecule has 9 heteroatoms. The number of aliphatic hydroxyl groups excluding tert-OH is 1. The Labute approximate surface area is 280 Å². The van der Waals surface area contributed by atoms with Crippen molar-refractivity contribution < 1.29 is 24.2 Å². The molecule has 0 aliphatic carbocycles. The minimum Gasteiger partial charge on any atom is -0.494 e. The zero-order valence-electron chi connectivity index (χ0n) is 27.0. The summed E-state index contributed by atoms with van der Waals surface area (Å²) < 4.78 is 4.65. The van der Waals surface area contributed by atoms with Gasteiger partial charge in [-0.25, -0.2) is 0 Å². The number of ether oxygens (including phenoxy) is 1. The van der Waals surface area contributed by atoms with Crippen LogP contribution in [0.1, 0.15) is 27.2 Å². The molecule has 4 aliphatic rings. The molecule has 3 aromatic rings. The smallest absolute Gasteiger partial charge is 0.251 e. The lowest BCUT2D eigenvalue weighted by atomic mass is 9.78. The average Bonchev–Trinajstić information content (AvgIpc) is 3.39. The van der Waals surface area contributed by atoms with Crippen molar-refractivity contribution in [1.29, 1.82) is 0 Å². The molecular formula is C38H41N3O5S. The Morgan fingerprint density at radius 1 is 0.894 bits per heavy atom. The van der Waals surface area contributed by atoms with Crippen molar-refractivity contribution in [1.82, 2.24) is 4.90 Å². The van der Waals surface area contributed by atoms with E-state index in [1.165, 1.54) is 0 Å². The number of carbonyl (C=O) groups is 3. The van der Waals surface area contributed by atoms with Crippen molar-refractivity contribution in [2.45, 2.75) is 49.3 Å². The summed E-state index contributed by atoms with van der Waals surface area (Å²) in [5.74, 6) is -1.08. The van der Waals surface area contributed by atoms with Gasteiger partial charge in [-0.3, -0.25) is 14.4 Å². The second kappa shape index (κ2) is 12.5. The van der Waals surface area contributed by atoms with Crippen LogP contribution in [0.5, 0.6) is 5.75 Å². The molecule has 2 fully saturated rings. The third kappa shape index (κ3) is 5.24. The van der Waals surface area contributed by atoms with Gasteiger partial charge in [-0.2, -0.15) is 0 Å². The van der Waals surface area contributed by atoms with Crippen LogP contribution in [-0.2, 0) is 14.4 Å². The van der Waals surface area contributed by atoms with Gasteiger partial charge in [0.25, 0.3) is 5.91 Å². The summed E-state index contributed by atoms with van der Waals surface area (Å²) in [6.07, 6.45) is 8.61.